The molecule has 0 saturated carbocycles. The zero-order chi connectivity index (χ0) is 14.4. The number of hydrogen-bond acceptors (Lipinski definition) is 3. The average Bonchev–Trinajstić information content (AvgIpc) is 2.37. The van der Waals surface area contributed by atoms with E-state index in [2.05, 4.69) is 5.32 Å². The van der Waals surface area contributed by atoms with Crippen LogP contribution in [0.4, 0.5) is 0 Å². The Morgan fingerprint density at radius 1 is 1.42 bits per heavy atom. The Morgan fingerprint density at radius 3 is 2.63 bits per heavy atom. The number of carboxylic acids is 1. The van der Waals surface area contributed by atoms with E-state index >= 15 is 0 Å². The van der Waals surface area contributed by atoms with Gasteiger partial charge in [-0.1, -0.05) is 24.6 Å². The SMILES string of the molecule is CCC(=O)NC(Cc1cc(C)ccc1OC)C(=O)O. The Bertz CT molecular complexity index is 471. The van der Waals surface area contributed by atoms with Crippen LogP contribution in [0.3, 0.4) is 0 Å². The minimum atomic E-state index is -1.05. The van der Waals surface area contributed by atoms with Gasteiger partial charge in [-0.2, -0.15) is 0 Å². The zero-order valence-corrected chi connectivity index (χ0v) is 11.4. The summed E-state index contributed by atoms with van der Waals surface area (Å²) in [6.45, 7) is 3.60. The highest BCUT2D eigenvalue weighted by molar-refractivity contribution is 5.83. The van der Waals surface area contributed by atoms with Crippen molar-refractivity contribution in [1.82, 2.24) is 5.32 Å². The van der Waals surface area contributed by atoms with Crippen molar-refractivity contribution in [3.05, 3.63) is 29.3 Å². The van der Waals surface area contributed by atoms with E-state index in [0.29, 0.717) is 5.75 Å². The van der Waals surface area contributed by atoms with E-state index in [9.17, 15) is 9.59 Å². The fourth-order valence-corrected chi connectivity index (χ4v) is 1.78. The number of benzene rings is 1. The predicted octanol–water partition coefficient (Wildman–Crippen LogP) is 1.53. The molecule has 19 heavy (non-hydrogen) atoms. The molecule has 1 amide bonds. The first-order valence-corrected chi connectivity index (χ1v) is 6.13. The summed E-state index contributed by atoms with van der Waals surface area (Å²) in [6, 6.07) is 4.61. The van der Waals surface area contributed by atoms with E-state index in [0.717, 1.165) is 11.1 Å². The van der Waals surface area contributed by atoms with Gasteiger partial charge in [0.2, 0.25) is 5.91 Å². The highest BCUT2D eigenvalue weighted by Crippen LogP contribution is 2.21. The minimum absolute atomic E-state index is 0.200. The molecule has 1 unspecified atom stereocenters. The van der Waals surface area contributed by atoms with Gasteiger partial charge < -0.3 is 15.2 Å². The minimum Gasteiger partial charge on any atom is -0.496 e. The number of amides is 1. The van der Waals surface area contributed by atoms with Gasteiger partial charge in [0, 0.05) is 12.8 Å². The number of carbonyl (C=O) groups is 2. The van der Waals surface area contributed by atoms with Crippen LogP contribution in [0.1, 0.15) is 24.5 Å². The number of methoxy groups -OCH3 is 1. The van der Waals surface area contributed by atoms with Gasteiger partial charge in [0.05, 0.1) is 7.11 Å². The molecule has 0 aliphatic rings. The highest BCUT2D eigenvalue weighted by Gasteiger charge is 2.21. The molecule has 5 heteroatoms. The van der Waals surface area contributed by atoms with Gasteiger partial charge in [-0.25, -0.2) is 4.79 Å². The zero-order valence-electron chi connectivity index (χ0n) is 11.4. The molecule has 0 fully saturated rings. The maximum Gasteiger partial charge on any atom is 0.326 e. The summed E-state index contributed by atoms with van der Waals surface area (Å²) in [5.74, 6) is -0.702. The van der Waals surface area contributed by atoms with Gasteiger partial charge in [0.25, 0.3) is 0 Å². The maximum atomic E-state index is 11.3. The van der Waals surface area contributed by atoms with Gasteiger partial charge in [-0.15, -0.1) is 0 Å². The normalized spacial score (nSPS) is 11.7. The molecule has 5 nitrogen and oxygen atoms in total. The molecule has 0 aliphatic heterocycles. The smallest absolute Gasteiger partial charge is 0.326 e. The Balaban J connectivity index is 2.92. The lowest BCUT2D eigenvalue weighted by Gasteiger charge is -2.16. The first kappa shape index (κ1) is 15.0. The molecule has 0 aliphatic carbocycles. The lowest BCUT2D eigenvalue weighted by molar-refractivity contribution is -0.141. The van der Waals surface area contributed by atoms with Crippen LogP contribution in [0, 0.1) is 6.92 Å². The van der Waals surface area contributed by atoms with Crippen molar-refractivity contribution in [1.29, 1.82) is 0 Å². The van der Waals surface area contributed by atoms with Crippen LogP contribution in [0.25, 0.3) is 0 Å². The number of ether oxygens (including phenoxy) is 1. The van der Waals surface area contributed by atoms with Gasteiger partial charge in [0.15, 0.2) is 0 Å². The molecule has 0 bridgehead atoms. The molecule has 0 spiro atoms. The first-order chi connectivity index (χ1) is 8.97. The number of nitrogens with one attached hydrogen (secondary N) is 1. The van der Waals surface area contributed by atoms with Crippen LogP contribution in [0.15, 0.2) is 18.2 Å². The van der Waals surface area contributed by atoms with E-state index in [-0.39, 0.29) is 18.7 Å². The van der Waals surface area contributed by atoms with Crippen molar-refractivity contribution >= 4 is 11.9 Å². The molecule has 0 radical (unpaired) electrons. The summed E-state index contributed by atoms with van der Waals surface area (Å²) in [5, 5.41) is 11.6. The third-order valence-corrected chi connectivity index (χ3v) is 2.81. The topological polar surface area (TPSA) is 75.6 Å². The quantitative estimate of drug-likeness (QED) is 0.817. The molecule has 1 atom stereocenters. The van der Waals surface area contributed by atoms with Crippen LogP contribution in [-0.4, -0.2) is 30.1 Å². The summed E-state index contributed by atoms with van der Waals surface area (Å²) < 4.78 is 5.21. The molecule has 0 saturated heterocycles. The van der Waals surface area contributed by atoms with Crippen LogP contribution in [0.5, 0.6) is 5.75 Å². The number of carboxylic acid groups (broad SMARTS) is 1. The van der Waals surface area contributed by atoms with Crippen molar-refractivity contribution < 1.29 is 19.4 Å². The number of rotatable bonds is 6. The molecule has 1 aromatic rings. The van der Waals surface area contributed by atoms with Crippen molar-refractivity contribution in [3.8, 4) is 5.75 Å². The standard InChI is InChI=1S/C14H19NO4/c1-4-13(16)15-11(14(17)18)8-10-7-9(2)5-6-12(10)19-3/h5-7,11H,4,8H2,1-3H3,(H,15,16)(H,17,18). The maximum absolute atomic E-state index is 11.3. The van der Waals surface area contributed by atoms with E-state index in [1.807, 2.05) is 19.1 Å². The Morgan fingerprint density at radius 2 is 2.11 bits per heavy atom. The fraction of sp³-hybridized carbons (Fsp3) is 0.429. The summed E-state index contributed by atoms with van der Waals surface area (Å²) >= 11 is 0. The van der Waals surface area contributed by atoms with Crippen molar-refractivity contribution in [2.24, 2.45) is 0 Å². The molecule has 1 rings (SSSR count). The molecule has 1 aromatic carbocycles. The van der Waals surface area contributed by atoms with Crippen LogP contribution < -0.4 is 10.1 Å². The lowest BCUT2D eigenvalue weighted by Crippen LogP contribution is -2.42. The summed E-state index contributed by atoms with van der Waals surface area (Å²) in [5.41, 5.74) is 1.79. The lowest BCUT2D eigenvalue weighted by atomic mass is 10.0. The molecular formula is C14H19NO4. The second kappa shape index (κ2) is 6.78. The second-order valence-electron chi connectivity index (χ2n) is 4.33. The number of hydrogen-bond donors (Lipinski definition) is 2. The number of aliphatic carboxylic acids is 1. The van der Waals surface area contributed by atoms with Crippen LogP contribution in [-0.2, 0) is 16.0 Å². The molecule has 2 N–H and O–H groups in total. The van der Waals surface area contributed by atoms with Gasteiger partial charge in [-0.3, -0.25) is 4.79 Å². The monoisotopic (exact) mass is 265 g/mol. The number of aryl methyl sites for hydroxylation is 1. The predicted molar refractivity (Wildman–Crippen MR) is 71.3 cm³/mol. The van der Waals surface area contributed by atoms with Gasteiger partial charge >= 0.3 is 5.97 Å². The summed E-state index contributed by atoms with van der Waals surface area (Å²) in [7, 11) is 1.54. The van der Waals surface area contributed by atoms with Crippen LogP contribution in [0.2, 0.25) is 0 Å². The average molecular weight is 265 g/mol. The number of carbonyl (C=O) groups excluding carboxylic acids is 1. The highest BCUT2D eigenvalue weighted by atomic mass is 16.5. The Kier molecular flexibility index (Phi) is 5.36. The molecule has 0 aromatic heterocycles. The second-order valence-corrected chi connectivity index (χ2v) is 4.33. The van der Waals surface area contributed by atoms with Crippen LogP contribution >= 0.6 is 0 Å². The van der Waals surface area contributed by atoms with E-state index in [1.165, 1.54) is 7.11 Å². The molecule has 104 valence electrons. The third-order valence-electron chi connectivity index (χ3n) is 2.81. The van der Waals surface area contributed by atoms with Gasteiger partial charge in [0.1, 0.15) is 11.8 Å². The van der Waals surface area contributed by atoms with Crippen molar-refractivity contribution in [2.45, 2.75) is 32.7 Å². The Labute approximate surface area is 112 Å². The van der Waals surface area contributed by atoms with E-state index < -0.39 is 12.0 Å². The van der Waals surface area contributed by atoms with Crippen molar-refractivity contribution in [3.63, 3.8) is 0 Å². The van der Waals surface area contributed by atoms with E-state index in [1.54, 1.807) is 13.0 Å². The first-order valence-electron chi connectivity index (χ1n) is 6.13. The van der Waals surface area contributed by atoms with Gasteiger partial charge in [-0.05, 0) is 18.6 Å². The largest absolute Gasteiger partial charge is 0.496 e. The fourth-order valence-electron chi connectivity index (χ4n) is 1.78. The summed E-state index contributed by atoms with van der Waals surface area (Å²) in [4.78, 5) is 22.5. The molecular weight excluding hydrogens is 246 g/mol. The molecule has 0 heterocycles. The Hall–Kier alpha value is -2.04. The van der Waals surface area contributed by atoms with E-state index in [4.69, 9.17) is 9.84 Å². The van der Waals surface area contributed by atoms with Crippen molar-refractivity contribution in [2.75, 3.05) is 7.11 Å². The third kappa shape index (κ3) is 4.28. The summed E-state index contributed by atoms with van der Waals surface area (Å²) in [6.07, 6.45) is 0.459.